The lowest BCUT2D eigenvalue weighted by atomic mass is 9.78. The maximum atomic E-state index is 11.3. The number of allylic oxidation sites excluding steroid dienone is 2. The highest BCUT2D eigenvalue weighted by molar-refractivity contribution is 6.04. The van der Waals surface area contributed by atoms with Crippen molar-refractivity contribution in [2.75, 3.05) is 19.0 Å². The topological polar surface area (TPSA) is 92.5 Å². The van der Waals surface area contributed by atoms with E-state index in [4.69, 9.17) is 0 Å². The van der Waals surface area contributed by atoms with E-state index in [0.717, 1.165) is 33.9 Å². The molecule has 2 aliphatic heterocycles. The first-order chi connectivity index (χ1) is 14.4. The van der Waals surface area contributed by atoms with Gasteiger partial charge in [0.2, 0.25) is 5.69 Å². The summed E-state index contributed by atoms with van der Waals surface area (Å²) in [5, 5.41) is 22.6. The Balaban J connectivity index is 1.85. The fourth-order valence-corrected chi connectivity index (χ4v) is 4.92. The van der Waals surface area contributed by atoms with Crippen LogP contribution in [0.25, 0.3) is 0 Å². The van der Waals surface area contributed by atoms with Crippen LogP contribution in [0.4, 0.5) is 22.7 Å². The van der Waals surface area contributed by atoms with Gasteiger partial charge in [0, 0.05) is 65.8 Å². The number of non-ortho nitro benzene ring substituents is 2. The third kappa shape index (κ3) is 2.85. The second-order valence-corrected chi connectivity index (χ2v) is 9.20. The summed E-state index contributed by atoms with van der Waals surface area (Å²) in [6, 6.07) is 9.95. The van der Waals surface area contributed by atoms with E-state index in [1.54, 1.807) is 24.3 Å². The van der Waals surface area contributed by atoms with Gasteiger partial charge in [-0.3, -0.25) is 20.2 Å². The average molecular weight is 421 g/mol. The van der Waals surface area contributed by atoms with E-state index in [9.17, 15) is 20.2 Å². The summed E-state index contributed by atoms with van der Waals surface area (Å²) < 4.78 is 2.07. The summed E-state index contributed by atoms with van der Waals surface area (Å²) in [6.07, 6.45) is 2.12. The van der Waals surface area contributed by atoms with E-state index in [1.807, 2.05) is 14.1 Å². The maximum absolute atomic E-state index is 11.3. The Morgan fingerprint density at radius 1 is 0.903 bits per heavy atom. The highest BCUT2D eigenvalue weighted by atomic mass is 16.6. The van der Waals surface area contributed by atoms with Crippen LogP contribution < -0.4 is 4.90 Å². The zero-order valence-corrected chi connectivity index (χ0v) is 18.5. The molecule has 0 unspecified atom stereocenters. The molecule has 8 heteroatoms. The molecule has 2 aliphatic rings. The van der Waals surface area contributed by atoms with E-state index in [0.29, 0.717) is 0 Å². The largest absolute Gasteiger partial charge is 0.347 e. The molecule has 2 aromatic rings. The first-order valence-corrected chi connectivity index (χ1v) is 10.0. The van der Waals surface area contributed by atoms with Gasteiger partial charge in [-0.25, -0.2) is 0 Å². The van der Waals surface area contributed by atoms with Crippen molar-refractivity contribution in [2.24, 2.45) is 0 Å². The molecule has 0 saturated heterocycles. The summed E-state index contributed by atoms with van der Waals surface area (Å²) in [5.74, 6) is 0. The van der Waals surface area contributed by atoms with Crippen molar-refractivity contribution < 1.29 is 14.4 Å². The van der Waals surface area contributed by atoms with Gasteiger partial charge in [-0.2, -0.15) is 4.58 Å². The van der Waals surface area contributed by atoms with Gasteiger partial charge in [-0.15, -0.1) is 0 Å². The molecular weight excluding hydrogens is 396 g/mol. The number of nitro benzene ring substituents is 2. The SMILES string of the molecule is CN1C(=CC2=[N+](C)c3ccc([N+](=O)[O-])cc3C2(C)C)C(C)(C)c2cc([N+](=O)[O-])ccc21. The third-order valence-electron chi connectivity index (χ3n) is 6.73. The Labute approximate surface area is 180 Å². The van der Waals surface area contributed by atoms with Gasteiger partial charge in [-0.05, 0) is 25.5 Å². The van der Waals surface area contributed by atoms with E-state index >= 15 is 0 Å². The lowest BCUT2D eigenvalue weighted by Gasteiger charge is -2.25. The Hall–Kier alpha value is -3.55. The number of hydrogen-bond acceptors (Lipinski definition) is 5. The molecule has 0 saturated carbocycles. The highest BCUT2D eigenvalue weighted by Crippen LogP contribution is 2.49. The summed E-state index contributed by atoms with van der Waals surface area (Å²) in [6.45, 7) is 8.24. The van der Waals surface area contributed by atoms with Gasteiger partial charge in [0.25, 0.3) is 11.4 Å². The van der Waals surface area contributed by atoms with Crippen LogP contribution in [0.2, 0.25) is 0 Å². The second kappa shape index (κ2) is 6.47. The monoisotopic (exact) mass is 421 g/mol. The van der Waals surface area contributed by atoms with Crippen molar-refractivity contribution in [3.63, 3.8) is 0 Å². The smallest absolute Gasteiger partial charge is 0.270 e. The Kier molecular flexibility index (Phi) is 4.32. The van der Waals surface area contributed by atoms with Crippen LogP contribution >= 0.6 is 0 Å². The van der Waals surface area contributed by atoms with Crippen molar-refractivity contribution in [1.82, 2.24) is 0 Å². The minimum absolute atomic E-state index is 0.0761. The lowest BCUT2D eigenvalue weighted by Crippen LogP contribution is -2.31. The molecule has 8 nitrogen and oxygen atoms in total. The summed E-state index contributed by atoms with van der Waals surface area (Å²) in [7, 11) is 3.93. The predicted molar refractivity (Wildman–Crippen MR) is 120 cm³/mol. The number of hydrogen-bond donors (Lipinski definition) is 0. The number of nitrogens with zero attached hydrogens (tertiary/aromatic N) is 4. The maximum Gasteiger partial charge on any atom is 0.270 e. The molecule has 4 rings (SSSR count). The van der Waals surface area contributed by atoms with E-state index in [2.05, 4.69) is 43.2 Å². The number of likely N-dealkylation sites (N-methyl/N-ethyl adjacent to an activating group) is 1. The van der Waals surface area contributed by atoms with Crippen LogP contribution in [-0.2, 0) is 10.8 Å². The van der Waals surface area contributed by atoms with Crippen LogP contribution in [0, 0.1) is 20.2 Å². The molecule has 160 valence electrons. The molecule has 2 heterocycles. The summed E-state index contributed by atoms with van der Waals surface area (Å²) >= 11 is 0. The van der Waals surface area contributed by atoms with Crippen LogP contribution in [0.3, 0.4) is 0 Å². The molecule has 0 radical (unpaired) electrons. The number of anilines is 1. The van der Waals surface area contributed by atoms with Crippen LogP contribution in [0.15, 0.2) is 48.2 Å². The first kappa shape index (κ1) is 20.7. The highest BCUT2D eigenvalue weighted by Gasteiger charge is 2.47. The van der Waals surface area contributed by atoms with Crippen LogP contribution in [0.1, 0.15) is 38.8 Å². The van der Waals surface area contributed by atoms with Gasteiger partial charge in [0.15, 0.2) is 5.71 Å². The van der Waals surface area contributed by atoms with Crippen LogP contribution in [-0.4, -0.2) is 34.2 Å². The fraction of sp³-hybridized carbons (Fsp3) is 0.348. The number of rotatable bonds is 3. The molecule has 2 aromatic carbocycles. The lowest BCUT2D eigenvalue weighted by molar-refractivity contribution is -0.402. The molecule has 31 heavy (non-hydrogen) atoms. The van der Waals surface area contributed by atoms with Gasteiger partial charge in [0.1, 0.15) is 7.05 Å². The average Bonchev–Trinajstić information content (AvgIpc) is 3.01. The molecule has 0 atom stereocenters. The minimum atomic E-state index is -0.444. The zero-order chi connectivity index (χ0) is 22.9. The molecule has 0 aromatic heterocycles. The Morgan fingerprint density at radius 3 is 2.03 bits per heavy atom. The second-order valence-electron chi connectivity index (χ2n) is 9.20. The van der Waals surface area contributed by atoms with Gasteiger partial charge in [0.05, 0.1) is 15.3 Å². The van der Waals surface area contributed by atoms with Gasteiger partial charge >= 0.3 is 0 Å². The summed E-state index contributed by atoms with van der Waals surface area (Å²) in [4.78, 5) is 23.9. The van der Waals surface area contributed by atoms with E-state index in [1.165, 1.54) is 12.1 Å². The Bertz CT molecular complexity index is 1220. The molecule has 0 spiro atoms. The molecule has 0 bridgehead atoms. The van der Waals surface area contributed by atoms with Crippen molar-refractivity contribution >= 4 is 28.5 Å². The predicted octanol–water partition coefficient (Wildman–Crippen LogP) is 4.82. The van der Waals surface area contributed by atoms with E-state index < -0.39 is 10.8 Å². The van der Waals surface area contributed by atoms with Crippen molar-refractivity contribution in [3.8, 4) is 0 Å². The number of nitro groups is 2. The third-order valence-corrected chi connectivity index (χ3v) is 6.73. The van der Waals surface area contributed by atoms with Crippen molar-refractivity contribution in [3.05, 3.63) is 79.5 Å². The number of benzene rings is 2. The molecule has 0 fully saturated rings. The van der Waals surface area contributed by atoms with E-state index in [-0.39, 0.29) is 21.2 Å². The standard InChI is InChI=1S/C23H25N4O4/c1-22(2)16-11-14(26(28)29)7-9-18(16)24(5)20(22)13-21-23(3,4)17-12-15(27(30)31)8-10-19(17)25(21)6/h7-13H,1-6H3/q+1. The normalized spacial score (nSPS) is 19.5. The van der Waals surface area contributed by atoms with Crippen LogP contribution in [0.5, 0.6) is 0 Å². The minimum Gasteiger partial charge on any atom is -0.347 e. The zero-order valence-electron chi connectivity index (χ0n) is 18.5. The molecular formula is C23H25N4O4+. The molecule has 0 aliphatic carbocycles. The summed E-state index contributed by atoms with van der Waals surface area (Å²) in [5.41, 5.74) is 4.98. The Morgan fingerprint density at radius 2 is 1.45 bits per heavy atom. The number of fused-ring (bicyclic) bond motifs is 2. The van der Waals surface area contributed by atoms with Crippen molar-refractivity contribution in [2.45, 2.75) is 38.5 Å². The molecule has 0 N–H and O–H groups in total. The van der Waals surface area contributed by atoms with Crippen molar-refractivity contribution in [1.29, 1.82) is 0 Å². The first-order valence-electron chi connectivity index (χ1n) is 10.0. The van der Waals surface area contributed by atoms with Gasteiger partial charge in [-0.1, -0.05) is 13.8 Å². The fourth-order valence-electron chi connectivity index (χ4n) is 4.92. The van der Waals surface area contributed by atoms with Gasteiger partial charge < -0.3 is 4.90 Å². The quantitative estimate of drug-likeness (QED) is 0.402. The molecule has 0 amide bonds.